The highest BCUT2D eigenvalue weighted by atomic mass is 32.2. The third-order valence-corrected chi connectivity index (χ3v) is 5.24. The summed E-state index contributed by atoms with van der Waals surface area (Å²) in [5, 5.41) is 5.42. The molecule has 158 valence electrons. The van der Waals surface area contributed by atoms with Crippen LogP contribution in [-0.4, -0.2) is 38.7 Å². The number of rotatable bonds is 5. The fourth-order valence-corrected chi connectivity index (χ4v) is 3.25. The van der Waals surface area contributed by atoms with Crippen LogP contribution in [0.2, 0.25) is 0 Å². The highest BCUT2D eigenvalue weighted by molar-refractivity contribution is 7.85. The zero-order valence-electron chi connectivity index (χ0n) is 17.2. The van der Waals surface area contributed by atoms with Crippen LogP contribution in [0, 0.1) is 0 Å². The van der Waals surface area contributed by atoms with Crippen molar-refractivity contribution < 1.29 is 17.8 Å². The lowest BCUT2D eigenvalue weighted by atomic mass is 10.1. The van der Waals surface area contributed by atoms with Gasteiger partial charge in [0.2, 0.25) is 0 Å². The molecule has 0 radical (unpaired) electrons. The van der Waals surface area contributed by atoms with Crippen LogP contribution in [0.3, 0.4) is 0 Å². The average Bonchev–Trinajstić information content (AvgIpc) is 2.96. The largest absolute Gasteiger partial charge is 0.744 e. The summed E-state index contributed by atoms with van der Waals surface area (Å²) in [6, 6.07) is 13.1. The second-order valence-corrected chi connectivity index (χ2v) is 8.06. The van der Waals surface area contributed by atoms with Crippen LogP contribution < -0.4 is 16.1 Å². The van der Waals surface area contributed by atoms with Crippen molar-refractivity contribution in [3.05, 3.63) is 71.8 Å². The number of nitrogens with zero attached hydrogens (tertiary/aromatic N) is 3. The molecule has 0 saturated heterocycles. The van der Waals surface area contributed by atoms with E-state index in [9.17, 15) is 17.8 Å². The number of benzene rings is 2. The minimum atomic E-state index is -4.54. The van der Waals surface area contributed by atoms with E-state index in [1.807, 2.05) is 49.3 Å². The Morgan fingerprint density at radius 1 is 1.03 bits per heavy atom. The molecular weight excluding hydrogens is 404 g/mol. The Balaban J connectivity index is 0.00000320. The molecule has 0 bridgehead atoms. The predicted molar refractivity (Wildman–Crippen MR) is 119 cm³/mol. The molecule has 0 aromatic heterocycles. The van der Waals surface area contributed by atoms with Crippen molar-refractivity contribution in [2.45, 2.75) is 11.8 Å². The summed E-state index contributed by atoms with van der Waals surface area (Å²) in [7, 11) is -0.588. The Hall–Kier alpha value is -3.27. The molecule has 30 heavy (non-hydrogen) atoms. The van der Waals surface area contributed by atoms with Crippen molar-refractivity contribution in [2.24, 2.45) is 5.10 Å². The van der Waals surface area contributed by atoms with Gasteiger partial charge in [-0.3, -0.25) is 4.79 Å². The molecule has 3 rings (SSSR count). The summed E-state index contributed by atoms with van der Waals surface area (Å²) >= 11 is 0. The number of carbonyl (C=O) groups is 1. The Bertz CT molecular complexity index is 1120. The van der Waals surface area contributed by atoms with Crippen LogP contribution in [0.5, 0.6) is 0 Å². The molecule has 2 aromatic carbocycles. The normalized spacial score (nSPS) is 15.5. The monoisotopic (exact) mass is 428 g/mol. The van der Waals surface area contributed by atoms with Gasteiger partial charge in [0.1, 0.15) is 10.1 Å². The summed E-state index contributed by atoms with van der Waals surface area (Å²) in [4.78, 5) is 14.3. The fourth-order valence-electron chi connectivity index (χ4n) is 2.78. The molecule has 9 heteroatoms. The van der Waals surface area contributed by atoms with E-state index in [4.69, 9.17) is 0 Å². The summed E-state index contributed by atoms with van der Waals surface area (Å²) < 4.78 is 33.1. The first-order valence-electron chi connectivity index (χ1n) is 8.78. The number of amides is 1. The maximum atomic E-state index is 12.7. The highest BCUT2D eigenvalue weighted by Gasteiger charge is 2.28. The number of hydrazone groups is 1. The van der Waals surface area contributed by atoms with Crippen LogP contribution in [0.1, 0.15) is 12.5 Å². The number of carbonyl (C=O) groups excluding carboxylic acids is 1. The summed E-state index contributed by atoms with van der Waals surface area (Å²) in [6.07, 6.45) is 5.37. The van der Waals surface area contributed by atoms with Crippen LogP contribution in [0.25, 0.3) is 6.08 Å². The van der Waals surface area contributed by atoms with Crippen molar-refractivity contribution in [3.63, 3.8) is 0 Å². The smallest absolute Gasteiger partial charge is 0.280 e. The first kappa shape index (κ1) is 23.0. The Morgan fingerprint density at radius 3 is 2.17 bits per heavy atom. The second-order valence-electron chi connectivity index (χ2n) is 6.68. The van der Waals surface area contributed by atoms with Gasteiger partial charge in [-0.25, -0.2) is 8.42 Å². The van der Waals surface area contributed by atoms with E-state index < -0.39 is 10.1 Å². The SMILES string of the molecule is CC1=NN(c2ccc(S(=O)(=O)[O-])cc2)C(=O)/C1=C/C=C/c1ccc(N(C)C)cc1.[NH4+]. The van der Waals surface area contributed by atoms with Crippen molar-refractivity contribution in [1.82, 2.24) is 6.15 Å². The number of quaternary nitrogens is 1. The van der Waals surface area contributed by atoms with Crippen molar-refractivity contribution in [3.8, 4) is 0 Å². The Kier molecular flexibility index (Phi) is 6.93. The first-order valence-corrected chi connectivity index (χ1v) is 10.2. The number of hydrogen-bond donors (Lipinski definition) is 1. The number of anilines is 2. The van der Waals surface area contributed by atoms with Gasteiger partial charge in [0.15, 0.2) is 0 Å². The van der Waals surface area contributed by atoms with Crippen LogP contribution in [0.4, 0.5) is 11.4 Å². The molecule has 0 saturated carbocycles. The molecule has 1 amide bonds. The topological polar surface area (TPSA) is 130 Å². The molecule has 0 atom stereocenters. The van der Waals surface area contributed by atoms with Gasteiger partial charge in [0, 0.05) is 19.8 Å². The third-order valence-electron chi connectivity index (χ3n) is 4.39. The van der Waals surface area contributed by atoms with Gasteiger partial charge in [-0.2, -0.15) is 10.1 Å². The van der Waals surface area contributed by atoms with E-state index in [1.165, 1.54) is 17.1 Å². The molecule has 0 aliphatic carbocycles. The molecule has 0 spiro atoms. The molecular formula is C21H24N4O4S. The van der Waals surface area contributed by atoms with Gasteiger partial charge in [-0.15, -0.1) is 0 Å². The van der Waals surface area contributed by atoms with E-state index in [0.717, 1.165) is 23.4 Å². The minimum absolute atomic E-state index is 0. The molecule has 2 aromatic rings. The van der Waals surface area contributed by atoms with Gasteiger partial charge in [-0.05, 0) is 55.0 Å². The summed E-state index contributed by atoms with van der Waals surface area (Å²) in [5.74, 6) is -0.326. The summed E-state index contributed by atoms with van der Waals surface area (Å²) in [5.41, 5.74) is 3.46. The average molecular weight is 429 g/mol. The van der Waals surface area contributed by atoms with Gasteiger partial charge in [-0.1, -0.05) is 24.3 Å². The molecule has 1 aliphatic rings. The zero-order valence-corrected chi connectivity index (χ0v) is 18.1. The lowest BCUT2D eigenvalue weighted by molar-refractivity contribution is -0.114. The van der Waals surface area contributed by atoms with E-state index in [1.54, 1.807) is 19.1 Å². The van der Waals surface area contributed by atoms with Crippen molar-refractivity contribution >= 4 is 39.2 Å². The van der Waals surface area contributed by atoms with Gasteiger partial charge in [0.05, 0.1) is 21.9 Å². The second kappa shape index (κ2) is 9.04. The van der Waals surface area contributed by atoms with E-state index in [-0.39, 0.29) is 17.0 Å². The Labute approximate surface area is 176 Å². The van der Waals surface area contributed by atoms with Crippen LogP contribution in [0.15, 0.2) is 76.3 Å². The number of hydrogen-bond acceptors (Lipinski definition) is 6. The van der Waals surface area contributed by atoms with Gasteiger partial charge >= 0.3 is 0 Å². The quantitative estimate of drug-likeness (QED) is 0.576. The third kappa shape index (κ3) is 5.01. The molecule has 0 fully saturated rings. The van der Waals surface area contributed by atoms with Crippen molar-refractivity contribution in [1.29, 1.82) is 0 Å². The van der Waals surface area contributed by atoms with Gasteiger partial charge in [0.25, 0.3) is 5.91 Å². The maximum Gasteiger partial charge on any atom is 0.280 e. The van der Waals surface area contributed by atoms with E-state index in [2.05, 4.69) is 5.10 Å². The Morgan fingerprint density at radius 2 is 1.63 bits per heavy atom. The molecule has 0 unspecified atom stereocenters. The predicted octanol–water partition coefficient (Wildman–Crippen LogP) is 3.40. The lowest BCUT2D eigenvalue weighted by Gasteiger charge is -2.13. The molecule has 1 heterocycles. The lowest BCUT2D eigenvalue weighted by Crippen LogP contribution is -2.21. The molecule has 4 N–H and O–H groups in total. The fraction of sp³-hybridized carbons (Fsp3) is 0.143. The minimum Gasteiger partial charge on any atom is -0.744 e. The van der Waals surface area contributed by atoms with E-state index in [0.29, 0.717) is 17.0 Å². The number of allylic oxidation sites excluding steroid dienone is 2. The van der Waals surface area contributed by atoms with Gasteiger partial charge < -0.3 is 15.6 Å². The maximum absolute atomic E-state index is 12.7. The summed E-state index contributed by atoms with van der Waals surface area (Å²) in [6.45, 7) is 1.72. The zero-order chi connectivity index (χ0) is 21.2. The van der Waals surface area contributed by atoms with E-state index >= 15 is 0 Å². The molecule has 8 nitrogen and oxygen atoms in total. The highest BCUT2D eigenvalue weighted by Crippen LogP contribution is 2.25. The standard InChI is InChI=1S/C21H21N3O4S.H3N/c1-15-20(6-4-5-16-7-9-17(10-8-16)23(2)3)21(25)24(22-15)18-11-13-19(14-12-18)29(26,27)28;/h4-14H,1-3H3,(H,26,27,28);1H3/b5-4+,20-6+;. The van der Waals surface area contributed by atoms with Crippen LogP contribution in [-0.2, 0) is 14.9 Å². The molecule has 1 aliphatic heterocycles. The van der Waals surface area contributed by atoms with Crippen molar-refractivity contribution in [2.75, 3.05) is 24.0 Å². The first-order chi connectivity index (χ1) is 13.7. The van der Waals surface area contributed by atoms with Crippen LogP contribution >= 0.6 is 0 Å².